The average molecular weight is 315 g/mol. The van der Waals surface area contributed by atoms with Gasteiger partial charge in [0.2, 0.25) is 5.91 Å². The molecule has 1 aromatic rings. The zero-order valence-electron chi connectivity index (χ0n) is 11.7. The Hall–Kier alpha value is -2.05. The summed E-state index contributed by atoms with van der Waals surface area (Å²) in [5.74, 6) is -1.26. The van der Waals surface area contributed by atoms with Gasteiger partial charge >= 0.3 is 12.1 Å². The van der Waals surface area contributed by atoms with E-state index < -0.39 is 29.7 Å². The predicted molar refractivity (Wildman–Crippen MR) is 72.1 cm³/mol. The minimum atomic E-state index is -4.42. The third-order valence-corrected chi connectivity index (χ3v) is 3.55. The number of hydrogen-bond acceptors (Lipinski definition) is 2. The molecule has 0 saturated heterocycles. The molecule has 1 fully saturated rings. The zero-order valence-corrected chi connectivity index (χ0v) is 11.7. The van der Waals surface area contributed by atoms with Crippen LogP contribution in [0.5, 0.6) is 0 Å². The second kappa shape index (κ2) is 6.37. The van der Waals surface area contributed by atoms with E-state index in [2.05, 4.69) is 5.32 Å². The summed E-state index contributed by atoms with van der Waals surface area (Å²) in [7, 11) is 0. The van der Waals surface area contributed by atoms with Crippen molar-refractivity contribution in [3.63, 3.8) is 0 Å². The number of carbonyl (C=O) groups is 2. The van der Waals surface area contributed by atoms with Crippen LogP contribution in [0, 0.1) is 5.92 Å². The molecule has 0 radical (unpaired) electrons. The summed E-state index contributed by atoms with van der Waals surface area (Å²) in [5.41, 5.74) is -0.380. The monoisotopic (exact) mass is 315 g/mol. The Balaban J connectivity index is 1.91. The fraction of sp³-hybridized carbons (Fsp3) is 0.467. The summed E-state index contributed by atoms with van der Waals surface area (Å²) < 4.78 is 37.3. The second-order valence-corrected chi connectivity index (χ2v) is 5.51. The zero-order chi connectivity index (χ0) is 16.3. The quantitative estimate of drug-likeness (QED) is 0.848. The van der Waals surface area contributed by atoms with E-state index >= 15 is 0 Å². The molecule has 0 bridgehead atoms. The lowest BCUT2D eigenvalue weighted by Crippen LogP contribution is -2.41. The largest absolute Gasteiger partial charge is 0.480 e. The van der Waals surface area contributed by atoms with E-state index in [1.165, 1.54) is 12.1 Å². The predicted octanol–water partition coefficient (Wildman–Crippen LogP) is 2.62. The van der Waals surface area contributed by atoms with Gasteiger partial charge in [-0.3, -0.25) is 4.79 Å². The number of carbonyl (C=O) groups excluding carboxylic acids is 1. The van der Waals surface area contributed by atoms with E-state index in [9.17, 15) is 22.8 Å². The lowest BCUT2D eigenvalue weighted by atomic mass is 10.1. The van der Waals surface area contributed by atoms with Gasteiger partial charge < -0.3 is 10.4 Å². The van der Waals surface area contributed by atoms with Crippen molar-refractivity contribution in [3.8, 4) is 0 Å². The summed E-state index contributed by atoms with van der Waals surface area (Å²) in [4.78, 5) is 22.9. The number of amides is 1. The van der Waals surface area contributed by atoms with Crippen LogP contribution in [0.4, 0.5) is 13.2 Å². The SMILES string of the molecule is O=C(Cc1ccc(C(F)(F)F)cc1)NC(CC1CC1)C(=O)O. The average Bonchev–Trinajstić information content (AvgIpc) is 3.21. The minimum Gasteiger partial charge on any atom is -0.480 e. The van der Waals surface area contributed by atoms with E-state index in [0.717, 1.165) is 25.0 Å². The number of alkyl halides is 3. The number of rotatable bonds is 6. The molecule has 22 heavy (non-hydrogen) atoms. The number of aliphatic carboxylic acids is 1. The molecule has 7 heteroatoms. The number of nitrogens with one attached hydrogen (secondary N) is 1. The molecule has 0 aromatic heterocycles. The fourth-order valence-electron chi connectivity index (χ4n) is 2.15. The molecule has 1 aliphatic rings. The molecule has 0 heterocycles. The molecule has 1 atom stereocenters. The van der Waals surface area contributed by atoms with Crippen LogP contribution in [0.1, 0.15) is 30.4 Å². The minimum absolute atomic E-state index is 0.146. The second-order valence-electron chi connectivity index (χ2n) is 5.51. The van der Waals surface area contributed by atoms with Gasteiger partial charge in [0.05, 0.1) is 12.0 Å². The smallest absolute Gasteiger partial charge is 0.416 e. The van der Waals surface area contributed by atoms with Gasteiger partial charge in [-0.25, -0.2) is 4.79 Å². The van der Waals surface area contributed by atoms with Crippen molar-refractivity contribution in [3.05, 3.63) is 35.4 Å². The van der Waals surface area contributed by atoms with Crippen LogP contribution in [-0.4, -0.2) is 23.0 Å². The Labute approximate surface area is 125 Å². The van der Waals surface area contributed by atoms with Crippen molar-refractivity contribution in [1.29, 1.82) is 0 Å². The van der Waals surface area contributed by atoms with Gasteiger partial charge in [-0.2, -0.15) is 13.2 Å². The van der Waals surface area contributed by atoms with Gasteiger partial charge in [-0.1, -0.05) is 25.0 Å². The van der Waals surface area contributed by atoms with Crippen molar-refractivity contribution in [2.24, 2.45) is 5.92 Å². The molecule has 4 nitrogen and oxygen atoms in total. The van der Waals surface area contributed by atoms with Crippen molar-refractivity contribution < 1.29 is 27.9 Å². The Morgan fingerprint density at radius 2 is 1.82 bits per heavy atom. The summed E-state index contributed by atoms with van der Waals surface area (Å²) in [6.07, 6.45) is -2.22. The summed E-state index contributed by atoms with van der Waals surface area (Å²) >= 11 is 0. The Bertz CT molecular complexity index is 550. The molecule has 1 aliphatic carbocycles. The van der Waals surface area contributed by atoms with Crippen LogP contribution in [0.25, 0.3) is 0 Å². The third kappa shape index (κ3) is 4.75. The number of halogens is 3. The first-order chi connectivity index (χ1) is 10.3. The van der Waals surface area contributed by atoms with Gasteiger partial charge in [0, 0.05) is 0 Å². The summed E-state index contributed by atoms with van der Waals surface area (Å²) in [6, 6.07) is 3.32. The molecule has 120 valence electrons. The fourth-order valence-corrected chi connectivity index (χ4v) is 2.15. The van der Waals surface area contributed by atoms with E-state index in [0.29, 0.717) is 17.9 Å². The van der Waals surface area contributed by atoms with Crippen LogP contribution in [0.15, 0.2) is 24.3 Å². The molecule has 2 N–H and O–H groups in total. The maximum Gasteiger partial charge on any atom is 0.416 e. The maximum atomic E-state index is 12.4. The highest BCUT2D eigenvalue weighted by molar-refractivity contribution is 5.84. The summed E-state index contributed by atoms with van der Waals surface area (Å²) in [6.45, 7) is 0. The number of benzene rings is 1. The summed E-state index contributed by atoms with van der Waals surface area (Å²) in [5, 5.41) is 11.5. The highest BCUT2D eigenvalue weighted by Gasteiger charge is 2.31. The van der Waals surface area contributed by atoms with Gasteiger partial charge in [-0.15, -0.1) is 0 Å². The molecule has 1 saturated carbocycles. The van der Waals surface area contributed by atoms with Gasteiger partial charge in [-0.05, 0) is 30.0 Å². The molecule has 0 aliphatic heterocycles. The van der Waals surface area contributed by atoms with Crippen molar-refractivity contribution >= 4 is 11.9 Å². The number of carboxylic acids is 1. The van der Waals surface area contributed by atoms with Crippen molar-refractivity contribution in [2.45, 2.75) is 37.9 Å². The van der Waals surface area contributed by atoms with Crippen LogP contribution in [0.3, 0.4) is 0 Å². The van der Waals surface area contributed by atoms with E-state index in [1.54, 1.807) is 0 Å². The number of carboxylic acid groups (broad SMARTS) is 1. The standard InChI is InChI=1S/C15H16F3NO3/c16-15(17,18)11-5-3-10(4-6-11)8-13(20)19-12(14(21)22)7-9-1-2-9/h3-6,9,12H,1-2,7-8H2,(H,19,20)(H,21,22). The van der Waals surface area contributed by atoms with Gasteiger partial charge in [0.1, 0.15) is 6.04 Å². The Kier molecular flexibility index (Phi) is 4.73. The molecule has 2 rings (SSSR count). The van der Waals surface area contributed by atoms with Crippen molar-refractivity contribution in [1.82, 2.24) is 5.32 Å². The normalized spacial score (nSPS) is 16.1. The van der Waals surface area contributed by atoms with Gasteiger partial charge in [0.25, 0.3) is 0 Å². The molecular formula is C15H16F3NO3. The maximum absolute atomic E-state index is 12.4. The van der Waals surface area contributed by atoms with Crippen molar-refractivity contribution in [2.75, 3.05) is 0 Å². The third-order valence-electron chi connectivity index (χ3n) is 3.55. The molecular weight excluding hydrogens is 299 g/mol. The highest BCUT2D eigenvalue weighted by Crippen LogP contribution is 2.33. The Morgan fingerprint density at radius 3 is 2.27 bits per heavy atom. The van der Waals surface area contributed by atoms with Gasteiger partial charge in [0.15, 0.2) is 0 Å². The van der Waals surface area contributed by atoms with E-state index in [1.807, 2.05) is 0 Å². The molecule has 1 amide bonds. The van der Waals surface area contributed by atoms with Crippen LogP contribution in [-0.2, 0) is 22.2 Å². The van der Waals surface area contributed by atoms with Crippen LogP contribution >= 0.6 is 0 Å². The van der Waals surface area contributed by atoms with E-state index in [-0.39, 0.29) is 6.42 Å². The molecule has 1 unspecified atom stereocenters. The van der Waals surface area contributed by atoms with Crippen LogP contribution < -0.4 is 5.32 Å². The Morgan fingerprint density at radius 1 is 1.23 bits per heavy atom. The van der Waals surface area contributed by atoms with Crippen LogP contribution in [0.2, 0.25) is 0 Å². The first-order valence-corrected chi connectivity index (χ1v) is 6.94. The number of hydrogen-bond donors (Lipinski definition) is 2. The molecule has 1 aromatic carbocycles. The van der Waals surface area contributed by atoms with E-state index in [4.69, 9.17) is 5.11 Å². The lowest BCUT2D eigenvalue weighted by molar-refractivity contribution is -0.142. The topological polar surface area (TPSA) is 66.4 Å². The lowest BCUT2D eigenvalue weighted by Gasteiger charge is -2.14. The molecule has 0 spiro atoms. The first kappa shape index (κ1) is 16.3. The first-order valence-electron chi connectivity index (χ1n) is 6.94. The highest BCUT2D eigenvalue weighted by atomic mass is 19.4.